The van der Waals surface area contributed by atoms with Crippen LogP contribution in [0.3, 0.4) is 0 Å². The summed E-state index contributed by atoms with van der Waals surface area (Å²) in [5.41, 5.74) is 1.09. The van der Waals surface area contributed by atoms with Crippen molar-refractivity contribution in [3.05, 3.63) is 20.7 Å². The summed E-state index contributed by atoms with van der Waals surface area (Å²) in [5.74, 6) is 0.398. The molecule has 2 saturated carbocycles. The zero-order valence-corrected chi connectivity index (χ0v) is 14.2. The Hall–Kier alpha value is -1.14. The van der Waals surface area contributed by atoms with Crippen molar-refractivity contribution in [3.8, 4) is 0 Å². The first kappa shape index (κ1) is 15.7. The van der Waals surface area contributed by atoms with Crippen molar-refractivity contribution in [2.24, 2.45) is 11.3 Å². The van der Waals surface area contributed by atoms with E-state index in [1.807, 2.05) is 12.3 Å². The van der Waals surface area contributed by atoms with Gasteiger partial charge in [-0.15, -0.1) is 0 Å². The molecule has 2 fully saturated rings. The molecule has 1 N–H and O–H groups in total. The summed E-state index contributed by atoms with van der Waals surface area (Å²) in [5, 5.41) is 5.03. The number of nitrogens with one attached hydrogen (secondary N) is 1. The largest absolute Gasteiger partial charge is 0.380 e. The maximum Gasteiger partial charge on any atom is 0.307 e. The second-order valence-corrected chi connectivity index (χ2v) is 7.51. The molecule has 3 rings (SSSR count). The van der Waals surface area contributed by atoms with E-state index in [1.165, 1.54) is 17.8 Å². The molecule has 6 heteroatoms. The van der Waals surface area contributed by atoms with Gasteiger partial charge in [0.2, 0.25) is 5.91 Å². The van der Waals surface area contributed by atoms with E-state index in [2.05, 4.69) is 12.2 Å². The van der Waals surface area contributed by atoms with Gasteiger partial charge in [-0.3, -0.25) is 9.59 Å². The third-order valence-corrected chi connectivity index (χ3v) is 6.46. The Labute approximate surface area is 134 Å². The van der Waals surface area contributed by atoms with Gasteiger partial charge in [0.15, 0.2) is 0 Å². The van der Waals surface area contributed by atoms with Gasteiger partial charge in [0, 0.05) is 48.5 Å². The van der Waals surface area contributed by atoms with Gasteiger partial charge < -0.3 is 14.6 Å². The molecular formula is C16H24N2O3S. The second kappa shape index (κ2) is 5.81. The van der Waals surface area contributed by atoms with Gasteiger partial charge in [-0.25, -0.2) is 0 Å². The summed E-state index contributed by atoms with van der Waals surface area (Å²) in [7, 11) is 1.77. The van der Waals surface area contributed by atoms with Gasteiger partial charge in [0.05, 0.1) is 6.10 Å². The average molecular weight is 324 g/mol. The Balaban J connectivity index is 1.57. The molecule has 0 bridgehead atoms. The van der Waals surface area contributed by atoms with Crippen LogP contribution < -0.4 is 10.2 Å². The van der Waals surface area contributed by atoms with Crippen LogP contribution in [0.1, 0.15) is 38.3 Å². The third-order valence-electron chi connectivity index (χ3n) is 5.58. The van der Waals surface area contributed by atoms with Gasteiger partial charge in [-0.05, 0) is 19.8 Å². The number of ether oxygens (including phenoxy) is 1. The standard InChI is InChI=1S/C16H24N2O3S/c1-10-9-22-15(20)18(10)8-5-12(19)17-13-11(2)14(21-3)16(13)6-4-7-16/h9,11,13-14H,4-8H2,1-3H3,(H,17,19)/t11-,13-,14-/m1/s1. The number of hydrogen-bond acceptors (Lipinski definition) is 4. The van der Waals surface area contributed by atoms with Crippen molar-refractivity contribution >= 4 is 17.2 Å². The Morgan fingerprint density at radius 1 is 1.55 bits per heavy atom. The van der Waals surface area contributed by atoms with Crippen LogP contribution in [0.4, 0.5) is 0 Å². The topological polar surface area (TPSA) is 60.3 Å². The molecule has 0 unspecified atom stereocenters. The number of nitrogens with zero attached hydrogens (tertiary/aromatic N) is 1. The van der Waals surface area contributed by atoms with E-state index < -0.39 is 0 Å². The first-order valence-electron chi connectivity index (χ1n) is 7.96. The van der Waals surface area contributed by atoms with Gasteiger partial charge in [-0.1, -0.05) is 24.7 Å². The van der Waals surface area contributed by atoms with Crippen LogP contribution in [0, 0.1) is 18.3 Å². The summed E-state index contributed by atoms with van der Waals surface area (Å²) in [4.78, 5) is 23.9. The number of amides is 1. The highest BCUT2D eigenvalue weighted by Gasteiger charge is 2.63. The van der Waals surface area contributed by atoms with E-state index >= 15 is 0 Å². The van der Waals surface area contributed by atoms with Crippen LogP contribution in [-0.4, -0.2) is 29.7 Å². The molecule has 1 heterocycles. The molecule has 5 nitrogen and oxygen atoms in total. The molecular weight excluding hydrogens is 300 g/mol. The van der Waals surface area contributed by atoms with Crippen molar-refractivity contribution in [1.29, 1.82) is 0 Å². The molecule has 0 radical (unpaired) electrons. The van der Waals surface area contributed by atoms with Crippen LogP contribution >= 0.6 is 11.3 Å². The normalized spacial score (nSPS) is 29.0. The van der Waals surface area contributed by atoms with Crippen LogP contribution in [0.25, 0.3) is 0 Å². The van der Waals surface area contributed by atoms with Crippen LogP contribution in [0.5, 0.6) is 0 Å². The second-order valence-electron chi connectivity index (χ2n) is 6.69. The van der Waals surface area contributed by atoms with E-state index in [-0.39, 0.29) is 28.3 Å². The maximum absolute atomic E-state index is 12.3. The molecule has 2 aliphatic carbocycles. The van der Waals surface area contributed by atoms with Gasteiger partial charge in [0.25, 0.3) is 0 Å². The van der Waals surface area contributed by atoms with Gasteiger partial charge in [0.1, 0.15) is 0 Å². The molecule has 2 aliphatic rings. The quantitative estimate of drug-likeness (QED) is 0.900. The molecule has 1 aromatic heterocycles. The first-order valence-corrected chi connectivity index (χ1v) is 8.84. The van der Waals surface area contributed by atoms with E-state index in [1.54, 1.807) is 11.7 Å². The van der Waals surface area contributed by atoms with Crippen molar-refractivity contribution < 1.29 is 9.53 Å². The van der Waals surface area contributed by atoms with Crippen molar-refractivity contribution in [2.45, 2.75) is 58.2 Å². The lowest BCUT2D eigenvalue weighted by atomic mass is 9.46. The summed E-state index contributed by atoms with van der Waals surface area (Å²) < 4.78 is 7.30. The molecule has 0 saturated heterocycles. The summed E-state index contributed by atoms with van der Waals surface area (Å²) in [6, 6.07) is 0.221. The number of methoxy groups -OCH3 is 1. The zero-order valence-electron chi connectivity index (χ0n) is 13.4. The molecule has 3 atom stereocenters. The number of hydrogen-bond donors (Lipinski definition) is 1. The first-order chi connectivity index (χ1) is 10.5. The monoisotopic (exact) mass is 324 g/mol. The van der Waals surface area contributed by atoms with Gasteiger partial charge >= 0.3 is 4.87 Å². The number of carbonyl (C=O) groups excluding carboxylic acids is 1. The fourth-order valence-electron chi connectivity index (χ4n) is 4.32. The highest BCUT2D eigenvalue weighted by atomic mass is 32.1. The lowest BCUT2D eigenvalue weighted by Gasteiger charge is -2.64. The number of carbonyl (C=O) groups is 1. The molecule has 0 aliphatic heterocycles. The minimum absolute atomic E-state index is 0.0113. The SMILES string of the molecule is CO[C@@H]1[C@H](C)[C@@H](NC(=O)CCn2c(C)csc2=O)C12CCC2. The lowest BCUT2D eigenvalue weighted by Crippen LogP contribution is -2.72. The summed E-state index contributed by atoms with van der Waals surface area (Å²) >= 11 is 1.19. The van der Waals surface area contributed by atoms with E-state index in [0.29, 0.717) is 18.9 Å². The smallest absolute Gasteiger partial charge is 0.307 e. The predicted octanol–water partition coefficient (Wildman–Crippen LogP) is 1.93. The highest BCUT2D eigenvalue weighted by Crippen LogP contribution is 2.59. The predicted molar refractivity (Wildman–Crippen MR) is 86.1 cm³/mol. The zero-order chi connectivity index (χ0) is 15.9. The average Bonchev–Trinajstić information content (AvgIpc) is 2.76. The Kier molecular flexibility index (Phi) is 4.16. The van der Waals surface area contributed by atoms with Crippen LogP contribution in [0.15, 0.2) is 10.2 Å². The molecule has 22 heavy (non-hydrogen) atoms. The number of aryl methyl sites for hydroxylation is 1. The Bertz CT molecular complexity index is 617. The lowest BCUT2D eigenvalue weighted by molar-refractivity contribution is -0.202. The molecule has 1 spiro atoms. The number of rotatable bonds is 5. The molecule has 1 aromatic rings. The van der Waals surface area contributed by atoms with E-state index in [4.69, 9.17) is 4.74 Å². The van der Waals surface area contributed by atoms with E-state index in [9.17, 15) is 9.59 Å². The fourth-order valence-corrected chi connectivity index (χ4v) is 5.08. The molecule has 1 amide bonds. The van der Waals surface area contributed by atoms with Crippen LogP contribution in [0.2, 0.25) is 0 Å². The minimum Gasteiger partial charge on any atom is -0.380 e. The van der Waals surface area contributed by atoms with Gasteiger partial charge in [-0.2, -0.15) is 0 Å². The highest BCUT2D eigenvalue weighted by molar-refractivity contribution is 7.07. The summed E-state index contributed by atoms with van der Waals surface area (Å²) in [6.07, 6.45) is 4.14. The number of aromatic nitrogens is 1. The number of thiazole rings is 1. The summed E-state index contributed by atoms with van der Waals surface area (Å²) in [6.45, 7) is 4.51. The third kappa shape index (κ3) is 2.33. The fraction of sp³-hybridized carbons (Fsp3) is 0.750. The van der Waals surface area contributed by atoms with Crippen molar-refractivity contribution in [2.75, 3.05) is 7.11 Å². The molecule has 0 aromatic carbocycles. The Morgan fingerprint density at radius 3 is 2.77 bits per heavy atom. The Morgan fingerprint density at radius 2 is 2.27 bits per heavy atom. The van der Waals surface area contributed by atoms with Crippen molar-refractivity contribution in [1.82, 2.24) is 9.88 Å². The van der Waals surface area contributed by atoms with Crippen molar-refractivity contribution in [3.63, 3.8) is 0 Å². The van der Waals surface area contributed by atoms with E-state index in [0.717, 1.165) is 18.5 Å². The maximum atomic E-state index is 12.3. The minimum atomic E-state index is 0.0113. The molecule has 122 valence electrons. The van der Waals surface area contributed by atoms with Crippen LogP contribution in [-0.2, 0) is 16.1 Å².